The molecule has 0 radical (unpaired) electrons. The second kappa shape index (κ2) is 5.05. The number of esters is 1. The van der Waals surface area contributed by atoms with Crippen molar-refractivity contribution in [3.63, 3.8) is 0 Å². The first-order chi connectivity index (χ1) is 9.69. The van der Waals surface area contributed by atoms with Crippen molar-refractivity contribution in [2.75, 3.05) is 7.11 Å². The minimum absolute atomic E-state index is 0.350. The zero-order valence-electron chi connectivity index (χ0n) is 10.6. The third-order valence-corrected chi connectivity index (χ3v) is 3.46. The molecule has 0 spiro atoms. The topological polar surface area (TPSA) is 56.5 Å². The van der Waals surface area contributed by atoms with E-state index in [9.17, 15) is 4.79 Å². The molecular weight excluding hydrogens is 322 g/mol. The van der Waals surface area contributed by atoms with E-state index in [0.29, 0.717) is 5.56 Å². The number of carbonyl (C=O) groups excluding carboxylic acids is 1. The Bertz CT molecular complexity index is 781. The van der Waals surface area contributed by atoms with Gasteiger partial charge in [0.25, 0.3) is 0 Å². The average molecular weight is 332 g/mol. The molecule has 0 aliphatic rings. The van der Waals surface area contributed by atoms with Crippen LogP contribution in [-0.2, 0) is 4.74 Å². The van der Waals surface area contributed by atoms with Gasteiger partial charge in [-0.3, -0.25) is 0 Å². The number of hydrogen-bond acceptors (Lipinski definition) is 4. The molecule has 0 aliphatic carbocycles. The van der Waals surface area contributed by atoms with Crippen molar-refractivity contribution in [3.8, 4) is 11.3 Å². The second-order valence-corrected chi connectivity index (χ2v) is 4.95. The van der Waals surface area contributed by atoms with Gasteiger partial charge in [-0.15, -0.1) is 0 Å². The van der Waals surface area contributed by atoms with E-state index in [1.807, 2.05) is 24.3 Å². The smallest absolute Gasteiger partial charge is 0.337 e. The van der Waals surface area contributed by atoms with Gasteiger partial charge in [-0.1, -0.05) is 12.1 Å². The third-order valence-electron chi connectivity index (χ3n) is 2.92. The summed E-state index contributed by atoms with van der Waals surface area (Å²) in [6, 6.07) is 10.9. The van der Waals surface area contributed by atoms with Gasteiger partial charge in [-0.2, -0.15) is 5.10 Å². The summed E-state index contributed by atoms with van der Waals surface area (Å²) in [4.78, 5) is 15.6. The Balaban J connectivity index is 2.02. The van der Waals surface area contributed by atoms with Gasteiger partial charge in [-0.05, 0) is 40.2 Å². The molecular formula is C14H10BrN3O2. The van der Waals surface area contributed by atoms with Crippen LogP contribution in [0.25, 0.3) is 16.9 Å². The normalized spacial score (nSPS) is 10.7. The maximum atomic E-state index is 11.4. The predicted octanol–water partition coefficient (Wildman–Crippen LogP) is 2.95. The molecule has 100 valence electrons. The van der Waals surface area contributed by atoms with Gasteiger partial charge in [-0.25, -0.2) is 14.3 Å². The predicted molar refractivity (Wildman–Crippen MR) is 77.5 cm³/mol. The summed E-state index contributed by atoms with van der Waals surface area (Å²) in [5.74, 6) is -0.350. The van der Waals surface area contributed by atoms with E-state index in [2.05, 4.69) is 30.7 Å². The lowest BCUT2D eigenvalue weighted by Crippen LogP contribution is -2.00. The Morgan fingerprint density at radius 2 is 1.95 bits per heavy atom. The molecule has 0 bridgehead atoms. The summed E-state index contributed by atoms with van der Waals surface area (Å²) >= 11 is 3.39. The first kappa shape index (κ1) is 12.8. The molecule has 2 aromatic heterocycles. The molecule has 3 aromatic rings. The van der Waals surface area contributed by atoms with Crippen molar-refractivity contribution in [2.24, 2.45) is 0 Å². The molecule has 0 saturated heterocycles. The summed E-state index contributed by atoms with van der Waals surface area (Å²) in [5, 5.41) is 4.49. The van der Waals surface area contributed by atoms with E-state index in [4.69, 9.17) is 0 Å². The number of fused-ring (bicyclic) bond motifs is 1. The molecule has 0 amide bonds. The van der Waals surface area contributed by atoms with Crippen LogP contribution < -0.4 is 0 Å². The van der Waals surface area contributed by atoms with Crippen LogP contribution in [0, 0.1) is 0 Å². The van der Waals surface area contributed by atoms with E-state index in [0.717, 1.165) is 21.5 Å². The van der Waals surface area contributed by atoms with Crippen LogP contribution in [0.4, 0.5) is 0 Å². The van der Waals surface area contributed by atoms with E-state index in [1.165, 1.54) is 7.11 Å². The summed E-state index contributed by atoms with van der Waals surface area (Å²) in [5.41, 5.74) is 3.00. The van der Waals surface area contributed by atoms with Crippen LogP contribution in [0.5, 0.6) is 0 Å². The number of rotatable bonds is 2. The summed E-state index contributed by atoms with van der Waals surface area (Å²) in [6.07, 6.45) is 1.70. The SMILES string of the molecule is COC(=O)c1ccc(-c2ccc3ncc(Br)n3n2)cc1. The zero-order chi connectivity index (χ0) is 14.1. The lowest BCUT2D eigenvalue weighted by molar-refractivity contribution is 0.0601. The fraction of sp³-hybridized carbons (Fsp3) is 0.0714. The Hall–Kier alpha value is -2.21. The van der Waals surface area contributed by atoms with Gasteiger partial charge in [0, 0.05) is 5.56 Å². The maximum absolute atomic E-state index is 11.4. The molecule has 6 heteroatoms. The minimum atomic E-state index is -0.350. The number of methoxy groups -OCH3 is 1. The number of halogens is 1. The molecule has 1 aromatic carbocycles. The van der Waals surface area contributed by atoms with E-state index < -0.39 is 0 Å². The number of hydrogen-bond donors (Lipinski definition) is 0. The van der Waals surface area contributed by atoms with Gasteiger partial charge in [0.2, 0.25) is 0 Å². The highest BCUT2D eigenvalue weighted by Crippen LogP contribution is 2.20. The Morgan fingerprint density at radius 3 is 2.65 bits per heavy atom. The minimum Gasteiger partial charge on any atom is -0.465 e. The Labute approximate surface area is 123 Å². The van der Waals surface area contributed by atoms with E-state index in [-0.39, 0.29) is 5.97 Å². The summed E-state index contributed by atoms with van der Waals surface area (Å²) in [7, 11) is 1.36. The van der Waals surface area contributed by atoms with Crippen LogP contribution in [0.2, 0.25) is 0 Å². The molecule has 5 nitrogen and oxygen atoms in total. The number of imidazole rings is 1. The quantitative estimate of drug-likeness (QED) is 0.677. The van der Waals surface area contributed by atoms with Crippen LogP contribution >= 0.6 is 15.9 Å². The van der Waals surface area contributed by atoms with Crippen molar-refractivity contribution >= 4 is 27.5 Å². The standard InChI is InChI=1S/C14H10BrN3O2/c1-20-14(19)10-4-2-9(3-5-10)11-6-7-13-16-8-12(15)18(13)17-11/h2-8H,1H3. The van der Waals surface area contributed by atoms with Gasteiger partial charge in [0.05, 0.1) is 24.6 Å². The largest absolute Gasteiger partial charge is 0.465 e. The van der Waals surface area contributed by atoms with Gasteiger partial charge in [0.1, 0.15) is 4.60 Å². The summed E-state index contributed by atoms with van der Waals surface area (Å²) in [6.45, 7) is 0. The number of benzene rings is 1. The molecule has 0 saturated carbocycles. The van der Waals surface area contributed by atoms with Crippen molar-refractivity contribution in [3.05, 3.63) is 52.8 Å². The highest BCUT2D eigenvalue weighted by atomic mass is 79.9. The fourth-order valence-corrected chi connectivity index (χ4v) is 2.26. The van der Waals surface area contributed by atoms with Crippen LogP contribution in [0.1, 0.15) is 10.4 Å². The first-order valence-corrected chi connectivity index (χ1v) is 6.67. The van der Waals surface area contributed by atoms with Gasteiger partial charge >= 0.3 is 5.97 Å². The number of ether oxygens (including phenoxy) is 1. The molecule has 0 N–H and O–H groups in total. The maximum Gasteiger partial charge on any atom is 0.337 e. The molecule has 0 aliphatic heterocycles. The van der Waals surface area contributed by atoms with E-state index >= 15 is 0 Å². The molecule has 0 atom stereocenters. The van der Waals surface area contributed by atoms with Crippen LogP contribution in [0.3, 0.4) is 0 Å². The summed E-state index contributed by atoms with van der Waals surface area (Å²) < 4.78 is 7.18. The molecule has 0 fully saturated rings. The molecule has 20 heavy (non-hydrogen) atoms. The fourth-order valence-electron chi connectivity index (χ4n) is 1.89. The lowest BCUT2D eigenvalue weighted by Gasteiger charge is -2.04. The monoisotopic (exact) mass is 331 g/mol. The van der Waals surface area contributed by atoms with E-state index in [1.54, 1.807) is 22.8 Å². The number of carbonyl (C=O) groups is 1. The highest BCUT2D eigenvalue weighted by Gasteiger charge is 2.07. The number of aromatic nitrogens is 3. The third kappa shape index (κ3) is 2.18. The Kier molecular flexibility index (Phi) is 3.23. The van der Waals surface area contributed by atoms with Crippen molar-refractivity contribution in [1.82, 2.24) is 14.6 Å². The number of nitrogens with zero attached hydrogens (tertiary/aromatic N) is 3. The van der Waals surface area contributed by atoms with Crippen LogP contribution in [-0.4, -0.2) is 27.7 Å². The molecule has 2 heterocycles. The van der Waals surface area contributed by atoms with Crippen molar-refractivity contribution < 1.29 is 9.53 Å². The van der Waals surface area contributed by atoms with Gasteiger partial charge < -0.3 is 4.74 Å². The van der Waals surface area contributed by atoms with Gasteiger partial charge in [0.15, 0.2) is 5.65 Å². The average Bonchev–Trinajstić information content (AvgIpc) is 2.87. The van der Waals surface area contributed by atoms with Crippen molar-refractivity contribution in [1.29, 1.82) is 0 Å². The molecule has 0 unspecified atom stereocenters. The lowest BCUT2D eigenvalue weighted by atomic mass is 10.1. The first-order valence-electron chi connectivity index (χ1n) is 5.88. The van der Waals surface area contributed by atoms with Crippen LogP contribution in [0.15, 0.2) is 47.2 Å². The highest BCUT2D eigenvalue weighted by molar-refractivity contribution is 9.10. The second-order valence-electron chi connectivity index (χ2n) is 4.14. The molecule has 3 rings (SSSR count). The van der Waals surface area contributed by atoms with Crippen molar-refractivity contribution in [2.45, 2.75) is 0 Å². The Morgan fingerprint density at radius 1 is 1.20 bits per heavy atom. The zero-order valence-corrected chi connectivity index (χ0v) is 12.2.